The monoisotopic (exact) mass is 429 g/mol. The first-order chi connectivity index (χ1) is 14.3. The average molecular weight is 430 g/mol. The second kappa shape index (κ2) is 9.73. The molecule has 0 saturated carbocycles. The summed E-state index contributed by atoms with van der Waals surface area (Å²) in [6.45, 7) is 8.14. The van der Waals surface area contributed by atoms with Crippen molar-refractivity contribution in [1.82, 2.24) is 14.9 Å². The third-order valence-electron chi connectivity index (χ3n) is 5.59. The van der Waals surface area contributed by atoms with Crippen LogP contribution < -0.4 is 10.0 Å². The minimum atomic E-state index is -3.51. The number of benzene rings is 2. The third kappa shape index (κ3) is 5.68. The van der Waals surface area contributed by atoms with E-state index in [2.05, 4.69) is 40.9 Å². The van der Waals surface area contributed by atoms with Crippen molar-refractivity contribution in [2.24, 2.45) is 11.8 Å². The molecule has 2 aromatic carbocycles. The van der Waals surface area contributed by atoms with E-state index in [0.717, 1.165) is 25.2 Å². The molecule has 0 radical (unpaired) electrons. The van der Waals surface area contributed by atoms with Crippen LogP contribution in [0.15, 0.2) is 53.4 Å². The number of carbonyl (C=O) groups is 1. The molecule has 0 aromatic heterocycles. The van der Waals surface area contributed by atoms with Crippen LogP contribution in [0.3, 0.4) is 0 Å². The van der Waals surface area contributed by atoms with Gasteiger partial charge in [0.15, 0.2) is 0 Å². The minimum Gasteiger partial charge on any atom is -0.348 e. The van der Waals surface area contributed by atoms with Gasteiger partial charge in [0.25, 0.3) is 5.91 Å². The molecule has 1 heterocycles. The molecule has 1 aliphatic rings. The van der Waals surface area contributed by atoms with E-state index >= 15 is 0 Å². The molecular weight excluding hydrogens is 398 g/mol. The first kappa shape index (κ1) is 22.5. The van der Waals surface area contributed by atoms with Crippen LogP contribution in [0.1, 0.15) is 41.8 Å². The molecule has 0 aliphatic carbocycles. The van der Waals surface area contributed by atoms with Gasteiger partial charge in [-0.05, 0) is 60.7 Å². The summed E-state index contributed by atoms with van der Waals surface area (Å²) in [7, 11) is -2.15. The second-order valence-electron chi connectivity index (χ2n) is 8.32. The van der Waals surface area contributed by atoms with Gasteiger partial charge in [-0.25, -0.2) is 13.1 Å². The lowest BCUT2D eigenvalue weighted by Crippen LogP contribution is -2.38. The lowest BCUT2D eigenvalue weighted by molar-refractivity contribution is 0.0950. The van der Waals surface area contributed by atoms with Gasteiger partial charge in [-0.3, -0.25) is 9.69 Å². The summed E-state index contributed by atoms with van der Waals surface area (Å²) in [6, 6.07) is 14.1. The average Bonchev–Trinajstić information content (AvgIpc) is 2.72. The number of carbonyl (C=O) groups excluding carboxylic acids is 1. The normalized spacial score (nSPS) is 20.1. The Balaban J connectivity index is 1.64. The van der Waals surface area contributed by atoms with Gasteiger partial charge in [-0.1, -0.05) is 38.1 Å². The van der Waals surface area contributed by atoms with E-state index in [-0.39, 0.29) is 10.8 Å². The molecule has 30 heavy (non-hydrogen) atoms. The Hall–Kier alpha value is -2.22. The van der Waals surface area contributed by atoms with Crippen LogP contribution in [0.25, 0.3) is 0 Å². The molecule has 2 unspecified atom stereocenters. The molecule has 2 atom stereocenters. The Kier molecular flexibility index (Phi) is 7.28. The van der Waals surface area contributed by atoms with Crippen LogP contribution in [-0.4, -0.2) is 39.4 Å². The van der Waals surface area contributed by atoms with Crippen molar-refractivity contribution < 1.29 is 13.2 Å². The standard InChI is InChI=1S/C23H31N3O3S/c1-17-12-18(2)15-26(14-17)16-21-7-5-4-6-20(21)13-25-23(27)19-8-10-22(11-9-19)30(28,29)24-3/h4-11,17-18,24H,12-16H2,1-3H3,(H,25,27). The number of nitrogens with one attached hydrogen (secondary N) is 2. The predicted octanol–water partition coefficient (Wildman–Crippen LogP) is 3.00. The maximum Gasteiger partial charge on any atom is 0.251 e. The van der Waals surface area contributed by atoms with Crippen LogP contribution in [0.2, 0.25) is 0 Å². The highest BCUT2D eigenvalue weighted by Gasteiger charge is 2.22. The number of piperidine rings is 1. The molecule has 7 heteroatoms. The van der Waals surface area contributed by atoms with Crippen molar-refractivity contribution in [3.05, 3.63) is 65.2 Å². The van der Waals surface area contributed by atoms with E-state index in [4.69, 9.17) is 0 Å². The maximum absolute atomic E-state index is 12.5. The van der Waals surface area contributed by atoms with E-state index in [1.165, 1.54) is 43.3 Å². The molecule has 0 spiro atoms. The van der Waals surface area contributed by atoms with Crippen LogP contribution >= 0.6 is 0 Å². The van der Waals surface area contributed by atoms with E-state index in [1.807, 2.05) is 12.1 Å². The highest BCUT2D eigenvalue weighted by atomic mass is 32.2. The van der Waals surface area contributed by atoms with E-state index in [1.54, 1.807) is 0 Å². The quantitative estimate of drug-likeness (QED) is 0.709. The zero-order valence-corrected chi connectivity index (χ0v) is 18.7. The van der Waals surface area contributed by atoms with Crippen LogP contribution in [0, 0.1) is 11.8 Å². The van der Waals surface area contributed by atoms with E-state index in [0.29, 0.717) is 23.9 Å². The van der Waals surface area contributed by atoms with Crippen molar-refractivity contribution in [3.8, 4) is 0 Å². The minimum absolute atomic E-state index is 0.136. The van der Waals surface area contributed by atoms with Crippen molar-refractivity contribution in [2.45, 2.75) is 38.3 Å². The van der Waals surface area contributed by atoms with Crippen molar-refractivity contribution in [2.75, 3.05) is 20.1 Å². The van der Waals surface area contributed by atoms with Crippen molar-refractivity contribution in [1.29, 1.82) is 0 Å². The highest BCUT2D eigenvalue weighted by Crippen LogP contribution is 2.23. The molecule has 2 aromatic rings. The van der Waals surface area contributed by atoms with Gasteiger partial charge >= 0.3 is 0 Å². The summed E-state index contributed by atoms with van der Waals surface area (Å²) < 4.78 is 25.9. The number of hydrogen-bond acceptors (Lipinski definition) is 4. The highest BCUT2D eigenvalue weighted by molar-refractivity contribution is 7.89. The number of amides is 1. The molecule has 1 aliphatic heterocycles. The topological polar surface area (TPSA) is 78.5 Å². The fraction of sp³-hybridized carbons (Fsp3) is 0.435. The fourth-order valence-electron chi connectivity index (χ4n) is 4.23. The van der Waals surface area contributed by atoms with Crippen molar-refractivity contribution in [3.63, 3.8) is 0 Å². The third-order valence-corrected chi connectivity index (χ3v) is 7.02. The lowest BCUT2D eigenvalue weighted by Gasteiger charge is -2.35. The van der Waals surface area contributed by atoms with Gasteiger partial charge in [-0.15, -0.1) is 0 Å². The Labute approximate surface area is 179 Å². The maximum atomic E-state index is 12.5. The SMILES string of the molecule is CNS(=O)(=O)c1ccc(C(=O)NCc2ccccc2CN2CC(C)CC(C)C2)cc1. The number of likely N-dealkylation sites (tertiary alicyclic amines) is 1. The smallest absolute Gasteiger partial charge is 0.251 e. The van der Waals surface area contributed by atoms with E-state index in [9.17, 15) is 13.2 Å². The number of rotatable bonds is 7. The predicted molar refractivity (Wildman–Crippen MR) is 119 cm³/mol. The van der Waals surface area contributed by atoms with Crippen molar-refractivity contribution >= 4 is 15.9 Å². The largest absolute Gasteiger partial charge is 0.348 e. The molecule has 1 saturated heterocycles. The zero-order chi connectivity index (χ0) is 21.7. The Morgan fingerprint density at radius 2 is 1.60 bits per heavy atom. The molecule has 1 amide bonds. The summed E-state index contributed by atoms with van der Waals surface area (Å²) in [5, 5.41) is 2.96. The summed E-state index contributed by atoms with van der Waals surface area (Å²) in [4.78, 5) is 15.2. The molecule has 1 fully saturated rings. The number of sulfonamides is 1. The summed E-state index contributed by atoms with van der Waals surface area (Å²) >= 11 is 0. The molecular formula is C23H31N3O3S. The van der Waals surface area contributed by atoms with Gasteiger partial charge in [0, 0.05) is 31.7 Å². The summed E-state index contributed by atoms with van der Waals surface area (Å²) in [6.07, 6.45) is 1.28. The van der Waals surface area contributed by atoms with Crippen LogP contribution in [-0.2, 0) is 23.1 Å². The Morgan fingerprint density at radius 1 is 1.00 bits per heavy atom. The number of nitrogens with zero attached hydrogens (tertiary/aromatic N) is 1. The first-order valence-electron chi connectivity index (χ1n) is 10.4. The molecule has 2 N–H and O–H groups in total. The van der Waals surface area contributed by atoms with Gasteiger partial charge < -0.3 is 5.32 Å². The fourth-order valence-corrected chi connectivity index (χ4v) is 4.96. The van der Waals surface area contributed by atoms with Crippen LogP contribution in [0.5, 0.6) is 0 Å². The summed E-state index contributed by atoms with van der Waals surface area (Å²) in [5.41, 5.74) is 2.77. The Morgan fingerprint density at radius 3 is 2.20 bits per heavy atom. The van der Waals surface area contributed by atoms with Gasteiger partial charge in [-0.2, -0.15) is 0 Å². The van der Waals surface area contributed by atoms with Gasteiger partial charge in [0.05, 0.1) is 4.90 Å². The zero-order valence-electron chi connectivity index (χ0n) is 17.9. The molecule has 0 bridgehead atoms. The summed E-state index contributed by atoms with van der Waals surface area (Å²) in [5.74, 6) is 1.18. The van der Waals surface area contributed by atoms with Gasteiger partial charge in [0.1, 0.15) is 0 Å². The van der Waals surface area contributed by atoms with Gasteiger partial charge in [0.2, 0.25) is 10.0 Å². The lowest BCUT2D eigenvalue weighted by atomic mass is 9.91. The van der Waals surface area contributed by atoms with Crippen LogP contribution in [0.4, 0.5) is 0 Å². The molecule has 3 rings (SSSR count). The number of hydrogen-bond donors (Lipinski definition) is 2. The molecule has 162 valence electrons. The Bertz CT molecular complexity index is 963. The van der Waals surface area contributed by atoms with E-state index < -0.39 is 10.0 Å². The second-order valence-corrected chi connectivity index (χ2v) is 10.2. The molecule has 6 nitrogen and oxygen atoms in total. The first-order valence-corrected chi connectivity index (χ1v) is 11.9.